The van der Waals surface area contributed by atoms with Crippen molar-refractivity contribution in [1.29, 1.82) is 0 Å². The number of anilines is 4. The molecule has 2 rings (SSSR count). The first-order valence-corrected chi connectivity index (χ1v) is 10.1. The first-order chi connectivity index (χ1) is 14.8. The molecule has 1 atom stereocenters. The molecule has 1 aromatic heterocycles. The molecule has 0 bridgehead atoms. The zero-order valence-electron chi connectivity index (χ0n) is 17.8. The summed E-state index contributed by atoms with van der Waals surface area (Å²) in [5.74, 6) is 0.454. The SMILES string of the molecule is CCCC(=O)Oc1ccccc1N.NCCCCC(N)C(=O)Nc1ccc(N)c(N)n1. The minimum atomic E-state index is -0.572. The molecule has 0 saturated heterocycles. The first kappa shape index (κ1) is 25.7. The van der Waals surface area contributed by atoms with Crippen molar-refractivity contribution >= 4 is 34.9 Å². The quantitative estimate of drug-likeness (QED) is 0.148. The number of amides is 1. The number of ether oxygens (including phenoxy) is 1. The summed E-state index contributed by atoms with van der Waals surface area (Å²) < 4.78 is 5.02. The maximum atomic E-state index is 11.7. The van der Waals surface area contributed by atoms with Crippen LogP contribution in [-0.4, -0.2) is 29.4 Å². The van der Waals surface area contributed by atoms with Crippen LogP contribution < -0.4 is 38.7 Å². The summed E-state index contributed by atoms with van der Waals surface area (Å²) in [6.07, 6.45) is 3.48. The van der Waals surface area contributed by atoms with Crippen molar-refractivity contribution in [3.8, 4) is 5.75 Å². The van der Waals surface area contributed by atoms with Crippen LogP contribution in [0.1, 0.15) is 39.0 Å². The van der Waals surface area contributed by atoms with Gasteiger partial charge >= 0.3 is 5.97 Å². The molecule has 1 unspecified atom stereocenters. The maximum Gasteiger partial charge on any atom is 0.311 e. The summed E-state index contributed by atoms with van der Waals surface area (Å²) >= 11 is 0. The second kappa shape index (κ2) is 13.8. The number of unbranched alkanes of at least 4 members (excludes halogenated alkanes) is 1. The maximum absolute atomic E-state index is 11.7. The fourth-order valence-electron chi connectivity index (χ4n) is 2.37. The summed E-state index contributed by atoms with van der Waals surface area (Å²) in [5, 5.41) is 2.59. The molecule has 2 aromatic rings. The van der Waals surface area contributed by atoms with Crippen LogP contribution in [0.25, 0.3) is 0 Å². The summed E-state index contributed by atoms with van der Waals surface area (Å²) in [5.41, 5.74) is 28.6. The van der Waals surface area contributed by atoms with E-state index in [1.165, 1.54) is 0 Å². The number of nitrogens with zero attached hydrogens (tertiary/aromatic N) is 1. The number of nitrogens with one attached hydrogen (secondary N) is 1. The third kappa shape index (κ3) is 9.79. The molecule has 1 aromatic carbocycles. The lowest BCUT2D eigenvalue weighted by Gasteiger charge is -2.12. The van der Waals surface area contributed by atoms with Crippen LogP contribution in [-0.2, 0) is 9.59 Å². The smallest absolute Gasteiger partial charge is 0.311 e. The Hall–Kier alpha value is -3.37. The van der Waals surface area contributed by atoms with E-state index >= 15 is 0 Å². The minimum Gasteiger partial charge on any atom is -0.424 e. The Kier molecular flexibility index (Phi) is 11.4. The molecule has 10 nitrogen and oxygen atoms in total. The van der Waals surface area contributed by atoms with Gasteiger partial charge in [-0.05, 0) is 50.1 Å². The lowest BCUT2D eigenvalue weighted by Crippen LogP contribution is -2.35. The minimum absolute atomic E-state index is 0.185. The van der Waals surface area contributed by atoms with E-state index in [1.54, 1.807) is 36.4 Å². The van der Waals surface area contributed by atoms with Crippen molar-refractivity contribution in [3.05, 3.63) is 36.4 Å². The van der Waals surface area contributed by atoms with Crippen LogP contribution in [0.2, 0.25) is 0 Å². The number of benzene rings is 1. The highest BCUT2D eigenvalue weighted by atomic mass is 16.5. The standard InChI is InChI=1S/C11H20N6O.C10H13NO2/c12-6-2-1-3-8(14)11(18)17-9-5-4-7(13)10(15)16-9;1-2-5-10(12)13-9-7-4-3-6-8(9)11/h4-5,8H,1-3,6,12-14H2,(H3,15,16,17,18);3-4,6-7H,2,5,11H2,1H3. The number of pyridine rings is 1. The van der Waals surface area contributed by atoms with Crippen LogP contribution in [0.15, 0.2) is 36.4 Å². The third-order valence-electron chi connectivity index (χ3n) is 4.11. The van der Waals surface area contributed by atoms with Crippen LogP contribution in [0, 0.1) is 0 Å². The molecule has 1 heterocycles. The van der Waals surface area contributed by atoms with Crippen molar-refractivity contribution in [2.45, 2.75) is 45.1 Å². The number of aromatic nitrogens is 1. The van der Waals surface area contributed by atoms with Gasteiger partial charge in [0.2, 0.25) is 5.91 Å². The van der Waals surface area contributed by atoms with Crippen molar-refractivity contribution in [1.82, 2.24) is 4.98 Å². The molecule has 0 aliphatic carbocycles. The van der Waals surface area contributed by atoms with Gasteiger partial charge in [-0.2, -0.15) is 0 Å². The fraction of sp³-hybridized carbons (Fsp3) is 0.381. The fourth-order valence-corrected chi connectivity index (χ4v) is 2.37. The number of para-hydroxylation sites is 2. The summed E-state index contributed by atoms with van der Waals surface area (Å²) in [7, 11) is 0. The van der Waals surface area contributed by atoms with E-state index in [4.69, 9.17) is 33.4 Å². The molecule has 0 fully saturated rings. The predicted octanol–water partition coefficient (Wildman–Crippen LogP) is 1.62. The molecular formula is C21H33N7O3. The topological polar surface area (TPSA) is 198 Å². The number of carbonyl (C=O) groups excluding carboxylic acids is 2. The first-order valence-electron chi connectivity index (χ1n) is 10.1. The molecule has 0 aliphatic rings. The van der Waals surface area contributed by atoms with Gasteiger partial charge in [0.15, 0.2) is 5.75 Å². The second-order valence-corrected chi connectivity index (χ2v) is 6.81. The Bertz CT molecular complexity index is 845. The molecule has 31 heavy (non-hydrogen) atoms. The Morgan fingerprint density at radius 3 is 2.39 bits per heavy atom. The van der Waals surface area contributed by atoms with Gasteiger partial charge in [-0.15, -0.1) is 0 Å². The van der Waals surface area contributed by atoms with Gasteiger partial charge in [0.05, 0.1) is 17.4 Å². The molecular weight excluding hydrogens is 398 g/mol. The van der Waals surface area contributed by atoms with E-state index in [0.717, 1.165) is 19.3 Å². The lowest BCUT2D eigenvalue weighted by molar-refractivity contribution is -0.134. The van der Waals surface area contributed by atoms with E-state index in [2.05, 4.69) is 10.3 Å². The Labute approximate surface area is 182 Å². The summed E-state index contributed by atoms with van der Waals surface area (Å²) in [4.78, 5) is 26.7. The number of carbonyl (C=O) groups is 2. The van der Waals surface area contributed by atoms with Gasteiger partial charge in [0.1, 0.15) is 11.6 Å². The van der Waals surface area contributed by atoms with E-state index in [0.29, 0.717) is 42.3 Å². The van der Waals surface area contributed by atoms with E-state index in [-0.39, 0.29) is 17.7 Å². The van der Waals surface area contributed by atoms with Gasteiger partial charge in [-0.1, -0.05) is 25.5 Å². The van der Waals surface area contributed by atoms with E-state index in [9.17, 15) is 9.59 Å². The van der Waals surface area contributed by atoms with Crippen LogP contribution in [0.5, 0.6) is 5.75 Å². The van der Waals surface area contributed by atoms with Gasteiger partial charge < -0.3 is 38.7 Å². The molecule has 1 amide bonds. The van der Waals surface area contributed by atoms with Crippen LogP contribution in [0.4, 0.5) is 23.0 Å². The van der Waals surface area contributed by atoms with E-state index in [1.807, 2.05) is 6.92 Å². The number of hydrogen-bond donors (Lipinski definition) is 6. The van der Waals surface area contributed by atoms with Gasteiger partial charge in [-0.3, -0.25) is 9.59 Å². The molecule has 0 saturated carbocycles. The highest BCUT2D eigenvalue weighted by Gasteiger charge is 2.13. The lowest BCUT2D eigenvalue weighted by atomic mass is 10.1. The van der Waals surface area contributed by atoms with Crippen molar-refractivity contribution < 1.29 is 14.3 Å². The average Bonchev–Trinajstić information content (AvgIpc) is 2.73. The molecule has 0 spiro atoms. The van der Waals surface area contributed by atoms with Gasteiger partial charge in [0.25, 0.3) is 0 Å². The van der Waals surface area contributed by atoms with Crippen LogP contribution >= 0.6 is 0 Å². The predicted molar refractivity (Wildman–Crippen MR) is 124 cm³/mol. The summed E-state index contributed by atoms with van der Waals surface area (Å²) in [6.45, 7) is 2.53. The molecule has 10 heteroatoms. The van der Waals surface area contributed by atoms with Gasteiger partial charge in [0, 0.05) is 6.42 Å². The molecule has 0 aliphatic heterocycles. The van der Waals surface area contributed by atoms with Crippen molar-refractivity contribution in [2.75, 3.05) is 29.1 Å². The van der Waals surface area contributed by atoms with E-state index < -0.39 is 6.04 Å². The second-order valence-electron chi connectivity index (χ2n) is 6.81. The number of esters is 1. The summed E-state index contributed by atoms with van der Waals surface area (Å²) in [6, 6.07) is 9.56. The Morgan fingerprint density at radius 2 is 1.77 bits per heavy atom. The Morgan fingerprint density at radius 1 is 1.06 bits per heavy atom. The zero-order valence-corrected chi connectivity index (χ0v) is 17.8. The zero-order chi connectivity index (χ0) is 23.2. The number of nitrogen functional groups attached to an aromatic ring is 3. The molecule has 170 valence electrons. The average molecular weight is 432 g/mol. The monoisotopic (exact) mass is 431 g/mol. The Balaban J connectivity index is 0.000000327. The van der Waals surface area contributed by atoms with Crippen molar-refractivity contribution in [2.24, 2.45) is 11.5 Å². The molecule has 0 radical (unpaired) electrons. The number of nitrogens with two attached hydrogens (primary N) is 5. The molecule has 11 N–H and O–H groups in total. The van der Waals surface area contributed by atoms with Crippen molar-refractivity contribution in [3.63, 3.8) is 0 Å². The largest absolute Gasteiger partial charge is 0.424 e. The van der Waals surface area contributed by atoms with Gasteiger partial charge in [-0.25, -0.2) is 4.98 Å². The number of rotatable bonds is 9. The highest BCUT2D eigenvalue weighted by Crippen LogP contribution is 2.20. The normalized spacial score (nSPS) is 11.1. The highest BCUT2D eigenvalue weighted by molar-refractivity contribution is 5.94. The van der Waals surface area contributed by atoms with Crippen LogP contribution in [0.3, 0.4) is 0 Å². The number of hydrogen-bond acceptors (Lipinski definition) is 9. The third-order valence-corrected chi connectivity index (χ3v) is 4.11.